The maximum atomic E-state index is 9.37. The molecule has 0 saturated heterocycles. The first kappa shape index (κ1) is 25.2. The minimum absolute atomic E-state index is 0.583. The Morgan fingerprint density at radius 1 is 0.425 bits per heavy atom. The molecule has 0 fully saturated rings. The Morgan fingerprint density at radius 2 is 0.925 bits per heavy atom. The van der Waals surface area contributed by atoms with Gasteiger partial charge in [-0.25, -0.2) is 0 Å². The maximum absolute atomic E-state index is 9.37. The summed E-state index contributed by atoms with van der Waals surface area (Å²) in [4.78, 5) is 2.23. The molecule has 0 heterocycles. The smallest absolute Gasteiger partial charge is 0.537 e. The molecule has 0 bridgehead atoms. The van der Waals surface area contributed by atoms with E-state index in [1.807, 2.05) is 66.7 Å². The van der Waals surface area contributed by atoms with Gasteiger partial charge in [0.15, 0.2) is 0 Å². The van der Waals surface area contributed by atoms with E-state index in [0.29, 0.717) is 5.75 Å². The summed E-state index contributed by atoms with van der Waals surface area (Å²) in [6.07, 6.45) is 0. The van der Waals surface area contributed by atoms with Crippen LogP contribution in [0.25, 0.3) is 33.4 Å². The van der Waals surface area contributed by atoms with Crippen LogP contribution >= 0.6 is 0 Å². The molecular formula is C36H27BNO2. The summed E-state index contributed by atoms with van der Waals surface area (Å²) in [5, 5.41) is 9.37. The van der Waals surface area contributed by atoms with Gasteiger partial charge in [-0.15, -0.1) is 0 Å². The lowest BCUT2D eigenvalue weighted by molar-refractivity contribution is 0.455. The van der Waals surface area contributed by atoms with Crippen LogP contribution in [0.15, 0.2) is 158 Å². The lowest BCUT2D eigenvalue weighted by Gasteiger charge is -2.27. The second kappa shape index (κ2) is 11.8. The zero-order valence-electron chi connectivity index (χ0n) is 21.9. The van der Waals surface area contributed by atoms with Gasteiger partial charge < -0.3 is 14.6 Å². The third-order valence-electron chi connectivity index (χ3n) is 6.93. The Morgan fingerprint density at radius 3 is 1.55 bits per heavy atom. The van der Waals surface area contributed by atoms with E-state index in [4.69, 9.17) is 4.65 Å². The summed E-state index contributed by atoms with van der Waals surface area (Å²) < 4.78 is 5.46. The average molecular weight is 516 g/mol. The molecule has 1 N–H and O–H groups in total. The van der Waals surface area contributed by atoms with Crippen LogP contribution < -0.4 is 9.55 Å². The Balaban J connectivity index is 1.40. The Kier molecular flexibility index (Phi) is 7.43. The molecule has 0 aliphatic carbocycles. The summed E-state index contributed by atoms with van der Waals surface area (Å²) in [5.41, 5.74) is 9.68. The third kappa shape index (κ3) is 5.39. The molecule has 40 heavy (non-hydrogen) atoms. The Bertz CT molecular complexity index is 1690. The minimum Gasteiger partial charge on any atom is -0.537 e. The van der Waals surface area contributed by atoms with Crippen LogP contribution in [0.5, 0.6) is 5.75 Å². The van der Waals surface area contributed by atoms with Crippen LogP contribution in [-0.2, 0) is 0 Å². The Labute approximate surface area is 235 Å². The van der Waals surface area contributed by atoms with Crippen LogP contribution in [0.2, 0.25) is 0 Å². The number of nitrogens with zero attached hydrogens (tertiary/aromatic N) is 1. The van der Waals surface area contributed by atoms with E-state index in [-0.39, 0.29) is 0 Å². The molecule has 0 aliphatic rings. The lowest BCUT2D eigenvalue weighted by Crippen LogP contribution is -2.10. The molecule has 6 rings (SSSR count). The quantitative estimate of drug-likeness (QED) is 0.205. The van der Waals surface area contributed by atoms with Gasteiger partial charge in [0.2, 0.25) is 0 Å². The third-order valence-corrected chi connectivity index (χ3v) is 6.93. The molecule has 0 spiro atoms. The molecule has 6 aromatic rings. The monoisotopic (exact) mass is 516 g/mol. The van der Waals surface area contributed by atoms with Gasteiger partial charge in [-0.3, -0.25) is 0 Å². The van der Waals surface area contributed by atoms with Gasteiger partial charge in [0.1, 0.15) is 5.75 Å². The molecule has 0 aliphatic heterocycles. The summed E-state index contributed by atoms with van der Waals surface area (Å²) >= 11 is 0. The fourth-order valence-corrected chi connectivity index (χ4v) is 5.00. The van der Waals surface area contributed by atoms with Crippen molar-refractivity contribution in [1.82, 2.24) is 0 Å². The molecule has 0 atom stereocenters. The number of benzene rings is 6. The van der Waals surface area contributed by atoms with Crippen molar-refractivity contribution in [2.75, 3.05) is 4.90 Å². The van der Waals surface area contributed by atoms with Gasteiger partial charge >= 0.3 is 7.69 Å². The van der Waals surface area contributed by atoms with Crippen molar-refractivity contribution in [3.8, 4) is 39.1 Å². The van der Waals surface area contributed by atoms with E-state index in [9.17, 15) is 5.02 Å². The minimum atomic E-state index is 0.583. The molecule has 6 aromatic carbocycles. The van der Waals surface area contributed by atoms with E-state index >= 15 is 0 Å². The predicted molar refractivity (Wildman–Crippen MR) is 166 cm³/mol. The standard InChI is InChI=1S/C36H27BNO2/c39-37-40-36-24-23-34(26-35(36)29-13-6-2-7-14-29)38(32-17-8-3-9-18-32)33-21-19-28(20-22-33)31-16-10-15-30(25-31)27-11-4-1-5-12-27/h1-26,39H. The highest BCUT2D eigenvalue weighted by Crippen LogP contribution is 2.40. The van der Waals surface area contributed by atoms with Crippen molar-refractivity contribution < 1.29 is 9.68 Å². The van der Waals surface area contributed by atoms with Crippen molar-refractivity contribution in [1.29, 1.82) is 0 Å². The average Bonchev–Trinajstić information content (AvgIpc) is 3.04. The van der Waals surface area contributed by atoms with Crippen LogP contribution in [0.1, 0.15) is 0 Å². The largest absolute Gasteiger partial charge is 0.569 e. The number of rotatable bonds is 8. The topological polar surface area (TPSA) is 32.7 Å². The molecule has 0 amide bonds. The van der Waals surface area contributed by atoms with Crippen molar-refractivity contribution in [3.63, 3.8) is 0 Å². The highest BCUT2D eigenvalue weighted by molar-refractivity contribution is 6.17. The first-order chi connectivity index (χ1) is 19.8. The Hall–Kier alpha value is -5.06. The SMILES string of the molecule is O[B]Oc1ccc(N(c2ccccc2)c2ccc(-c3cccc(-c4ccccc4)c3)cc2)cc1-c1ccccc1. The fraction of sp³-hybridized carbons (Fsp3) is 0. The normalized spacial score (nSPS) is 10.6. The van der Waals surface area contributed by atoms with Crippen LogP contribution in [0, 0.1) is 0 Å². The van der Waals surface area contributed by atoms with Gasteiger partial charge in [0.05, 0.1) is 0 Å². The van der Waals surface area contributed by atoms with E-state index in [0.717, 1.165) is 41.4 Å². The fourth-order valence-electron chi connectivity index (χ4n) is 5.00. The van der Waals surface area contributed by atoms with Gasteiger partial charge in [0, 0.05) is 22.6 Å². The van der Waals surface area contributed by atoms with E-state index in [2.05, 4.69) is 95.9 Å². The van der Waals surface area contributed by atoms with E-state index < -0.39 is 0 Å². The molecule has 0 saturated carbocycles. The first-order valence-electron chi connectivity index (χ1n) is 13.2. The predicted octanol–water partition coefficient (Wildman–Crippen LogP) is 9.06. The van der Waals surface area contributed by atoms with Crippen molar-refractivity contribution in [2.45, 2.75) is 0 Å². The van der Waals surface area contributed by atoms with Crippen LogP contribution in [-0.4, -0.2) is 12.7 Å². The van der Waals surface area contributed by atoms with Crippen LogP contribution in [0.4, 0.5) is 17.1 Å². The highest BCUT2D eigenvalue weighted by atomic mass is 16.5. The van der Waals surface area contributed by atoms with E-state index in [1.165, 1.54) is 16.7 Å². The summed E-state index contributed by atoms with van der Waals surface area (Å²) in [7, 11) is 0.724. The number of hydrogen-bond acceptors (Lipinski definition) is 3. The first-order valence-corrected chi connectivity index (χ1v) is 13.2. The van der Waals surface area contributed by atoms with Crippen molar-refractivity contribution in [2.24, 2.45) is 0 Å². The van der Waals surface area contributed by atoms with Crippen molar-refractivity contribution in [3.05, 3.63) is 158 Å². The molecule has 0 unspecified atom stereocenters. The molecule has 0 aromatic heterocycles. The molecule has 191 valence electrons. The van der Waals surface area contributed by atoms with Gasteiger partial charge in [-0.05, 0) is 76.3 Å². The summed E-state index contributed by atoms with van der Waals surface area (Å²) in [5.74, 6) is 0.583. The van der Waals surface area contributed by atoms with Gasteiger partial charge in [0.25, 0.3) is 0 Å². The second-order valence-corrected chi connectivity index (χ2v) is 9.43. The number of anilines is 3. The van der Waals surface area contributed by atoms with Crippen LogP contribution in [0.3, 0.4) is 0 Å². The summed E-state index contributed by atoms with van der Waals surface area (Å²) in [6.45, 7) is 0. The molecule has 4 heteroatoms. The molecule has 1 radical (unpaired) electrons. The zero-order chi connectivity index (χ0) is 27.1. The van der Waals surface area contributed by atoms with E-state index in [1.54, 1.807) is 0 Å². The maximum Gasteiger partial charge on any atom is 0.569 e. The summed E-state index contributed by atoms with van der Waals surface area (Å²) in [6, 6.07) is 54.1. The molecular weight excluding hydrogens is 489 g/mol. The molecule has 3 nitrogen and oxygen atoms in total. The lowest BCUT2D eigenvalue weighted by atomic mass is 9.98. The van der Waals surface area contributed by atoms with Gasteiger partial charge in [-0.1, -0.05) is 109 Å². The zero-order valence-corrected chi connectivity index (χ0v) is 21.9. The number of para-hydroxylation sites is 1. The second-order valence-electron chi connectivity index (χ2n) is 9.43. The van der Waals surface area contributed by atoms with Crippen molar-refractivity contribution >= 4 is 24.7 Å². The number of hydrogen-bond donors (Lipinski definition) is 1. The highest BCUT2D eigenvalue weighted by Gasteiger charge is 2.16. The van der Waals surface area contributed by atoms with Gasteiger partial charge in [-0.2, -0.15) is 0 Å².